The van der Waals surface area contributed by atoms with Crippen LogP contribution < -0.4 is 0 Å². The monoisotopic (exact) mass is 335 g/mol. The first-order valence-electron chi connectivity index (χ1n) is 9.28. The van der Waals surface area contributed by atoms with Gasteiger partial charge in [-0.25, -0.2) is 0 Å². The Hall–Kier alpha value is -1.36. The van der Waals surface area contributed by atoms with Crippen molar-refractivity contribution >= 4 is 11.9 Å². The van der Waals surface area contributed by atoms with Gasteiger partial charge in [-0.2, -0.15) is 0 Å². The number of esters is 2. The Kier molecular flexibility index (Phi) is 5.59. The maximum atomic E-state index is 11.4. The third-order valence-electron chi connectivity index (χ3n) is 5.48. The SMILES string of the molecule is CC(=O)O[C@@H]1CC2=C(CC(CN3CCCCC3)C2)C[C@H]1OC(C)=O. The smallest absolute Gasteiger partial charge is 0.303 e. The molecule has 2 atom stereocenters. The third kappa shape index (κ3) is 4.38. The number of piperidine rings is 1. The maximum absolute atomic E-state index is 11.4. The minimum atomic E-state index is -0.320. The summed E-state index contributed by atoms with van der Waals surface area (Å²) in [4.78, 5) is 25.4. The van der Waals surface area contributed by atoms with Gasteiger partial charge < -0.3 is 14.4 Å². The number of rotatable bonds is 4. The van der Waals surface area contributed by atoms with Crippen molar-refractivity contribution in [2.45, 2.75) is 71.0 Å². The molecule has 2 aliphatic carbocycles. The van der Waals surface area contributed by atoms with Gasteiger partial charge in [0.2, 0.25) is 0 Å². The van der Waals surface area contributed by atoms with Gasteiger partial charge in [-0.3, -0.25) is 9.59 Å². The van der Waals surface area contributed by atoms with Crippen LogP contribution >= 0.6 is 0 Å². The van der Waals surface area contributed by atoms with E-state index in [-0.39, 0.29) is 24.1 Å². The van der Waals surface area contributed by atoms with E-state index >= 15 is 0 Å². The molecule has 0 unspecified atom stereocenters. The van der Waals surface area contributed by atoms with Gasteiger partial charge >= 0.3 is 11.9 Å². The molecule has 1 saturated heterocycles. The molecule has 0 aromatic rings. The van der Waals surface area contributed by atoms with E-state index in [2.05, 4.69) is 4.90 Å². The molecule has 3 aliphatic rings. The molecule has 0 spiro atoms. The molecule has 1 aliphatic heterocycles. The fourth-order valence-electron chi connectivity index (χ4n) is 4.56. The van der Waals surface area contributed by atoms with Gasteiger partial charge in [-0.1, -0.05) is 17.6 Å². The molecule has 0 N–H and O–H groups in total. The second-order valence-electron chi connectivity index (χ2n) is 7.55. The number of hydrogen-bond donors (Lipinski definition) is 0. The molecule has 3 rings (SSSR count). The zero-order chi connectivity index (χ0) is 17.1. The van der Waals surface area contributed by atoms with Crippen molar-refractivity contribution in [3.8, 4) is 0 Å². The Morgan fingerprint density at radius 2 is 1.38 bits per heavy atom. The van der Waals surface area contributed by atoms with Crippen molar-refractivity contribution in [1.82, 2.24) is 4.90 Å². The van der Waals surface area contributed by atoms with Gasteiger partial charge in [-0.05, 0) is 44.7 Å². The van der Waals surface area contributed by atoms with Gasteiger partial charge in [-0.15, -0.1) is 0 Å². The average molecular weight is 335 g/mol. The van der Waals surface area contributed by atoms with Crippen molar-refractivity contribution in [1.29, 1.82) is 0 Å². The molecule has 24 heavy (non-hydrogen) atoms. The topological polar surface area (TPSA) is 55.8 Å². The molecule has 5 heteroatoms. The lowest BCUT2D eigenvalue weighted by molar-refractivity contribution is -0.165. The number of hydrogen-bond acceptors (Lipinski definition) is 5. The van der Waals surface area contributed by atoms with Crippen LogP contribution in [0.2, 0.25) is 0 Å². The van der Waals surface area contributed by atoms with Crippen LogP contribution in [0.15, 0.2) is 11.1 Å². The van der Waals surface area contributed by atoms with Crippen LogP contribution in [0, 0.1) is 5.92 Å². The van der Waals surface area contributed by atoms with Gasteiger partial charge in [0.15, 0.2) is 0 Å². The Morgan fingerprint density at radius 3 is 1.83 bits per heavy atom. The summed E-state index contributed by atoms with van der Waals surface area (Å²) in [6, 6.07) is 0. The highest BCUT2D eigenvalue weighted by atomic mass is 16.6. The molecule has 0 aromatic heterocycles. The summed E-state index contributed by atoms with van der Waals surface area (Å²) in [5, 5.41) is 0. The standard InChI is InChI=1S/C19H29NO4/c1-13(21)23-18-10-16-8-15(12-20-6-4-3-5-7-20)9-17(16)11-19(18)24-14(2)22/h15,18-19H,3-12H2,1-2H3/t18-,19-/m1/s1. The Labute approximate surface area is 144 Å². The van der Waals surface area contributed by atoms with Gasteiger partial charge in [0.1, 0.15) is 12.2 Å². The molecule has 0 amide bonds. The first-order valence-corrected chi connectivity index (χ1v) is 9.28. The Morgan fingerprint density at radius 1 is 0.875 bits per heavy atom. The normalized spacial score (nSPS) is 28.6. The molecule has 0 radical (unpaired) electrons. The largest absolute Gasteiger partial charge is 0.458 e. The summed E-state index contributed by atoms with van der Waals surface area (Å²) in [6.45, 7) is 6.47. The van der Waals surface area contributed by atoms with E-state index in [0.717, 1.165) is 25.7 Å². The van der Waals surface area contributed by atoms with Crippen molar-refractivity contribution in [2.24, 2.45) is 5.92 Å². The van der Waals surface area contributed by atoms with Crippen molar-refractivity contribution in [3.05, 3.63) is 11.1 Å². The molecule has 5 nitrogen and oxygen atoms in total. The fraction of sp³-hybridized carbons (Fsp3) is 0.789. The molecule has 0 aromatic carbocycles. The van der Waals surface area contributed by atoms with Crippen LogP contribution in [0.1, 0.15) is 58.8 Å². The molecule has 0 bridgehead atoms. The quantitative estimate of drug-likeness (QED) is 0.584. The summed E-state index contributed by atoms with van der Waals surface area (Å²) >= 11 is 0. The second kappa shape index (κ2) is 7.68. The average Bonchev–Trinajstić information content (AvgIpc) is 2.88. The summed E-state index contributed by atoms with van der Waals surface area (Å²) in [5.41, 5.74) is 2.87. The molecular formula is C19H29NO4. The summed E-state index contributed by atoms with van der Waals surface area (Å²) < 4.78 is 10.9. The summed E-state index contributed by atoms with van der Waals surface area (Å²) in [6.07, 6.45) is 7.04. The number of ether oxygens (including phenoxy) is 2. The highest BCUT2D eigenvalue weighted by Crippen LogP contribution is 2.42. The highest BCUT2D eigenvalue weighted by molar-refractivity contribution is 5.67. The second-order valence-corrected chi connectivity index (χ2v) is 7.55. The van der Waals surface area contributed by atoms with Crippen LogP contribution in [-0.4, -0.2) is 48.7 Å². The fourth-order valence-corrected chi connectivity index (χ4v) is 4.56. The number of carbonyl (C=O) groups is 2. The van der Waals surface area contributed by atoms with Gasteiger partial charge in [0.05, 0.1) is 0 Å². The molecule has 0 saturated carbocycles. The van der Waals surface area contributed by atoms with Crippen LogP contribution in [0.3, 0.4) is 0 Å². The first kappa shape index (κ1) is 17.5. The van der Waals surface area contributed by atoms with E-state index < -0.39 is 0 Å². The van der Waals surface area contributed by atoms with E-state index in [4.69, 9.17) is 9.47 Å². The maximum Gasteiger partial charge on any atom is 0.303 e. The predicted octanol–water partition coefficient (Wildman–Crippen LogP) is 2.84. The van der Waals surface area contributed by atoms with E-state index in [1.54, 1.807) is 0 Å². The number of likely N-dealkylation sites (tertiary alicyclic amines) is 1. The highest BCUT2D eigenvalue weighted by Gasteiger charge is 2.38. The van der Waals surface area contributed by atoms with Crippen molar-refractivity contribution in [2.75, 3.05) is 19.6 Å². The summed E-state index contributed by atoms with van der Waals surface area (Å²) in [5.74, 6) is 0.0651. The van der Waals surface area contributed by atoms with Crippen molar-refractivity contribution in [3.63, 3.8) is 0 Å². The van der Waals surface area contributed by atoms with Gasteiger partial charge in [0.25, 0.3) is 0 Å². The predicted molar refractivity (Wildman–Crippen MR) is 90.4 cm³/mol. The summed E-state index contributed by atoms with van der Waals surface area (Å²) in [7, 11) is 0. The van der Waals surface area contributed by atoms with Crippen LogP contribution in [-0.2, 0) is 19.1 Å². The molecule has 1 fully saturated rings. The van der Waals surface area contributed by atoms with E-state index in [0.29, 0.717) is 5.92 Å². The number of nitrogens with zero attached hydrogens (tertiary/aromatic N) is 1. The minimum Gasteiger partial charge on any atom is -0.458 e. The molecular weight excluding hydrogens is 306 g/mol. The first-order chi connectivity index (χ1) is 11.5. The van der Waals surface area contributed by atoms with Crippen LogP contribution in [0.25, 0.3) is 0 Å². The number of carbonyl (C=O) groups excluding carboxylic acids is 2. The zero-order valence-electron chi connectivity index (χ0n) is 14.9. The zero-order valence-corrected chi connectivity index (χ0v) is 14.9. The van der Waals surface area contributed by atoms with Crippen molar-refractivity contribution < 1.29 is 19.1 Å². The lowest BCUT2D eigenvalue weighted by atomic mass is 9.89. The Bertz CT molecular complexity index is 485. The molecule has 134 valence electrons. The van der Waals surface area contributed by atoms with Crippen LogP contribution in [0.4, 0.5) is 0 Å². The minimum absolute atomic E-state index is 0.302. The van der Waals surface area contributed by atoms with Crippen LogP contribution in [0.5, 0.6) is 0 Å². The van der Waals surface area contributed by atoms with E-state index in [9.17, 15) is 9.59 Å². The Balaban J connectivity index is 1.60. The molecule has 1 heterocycles. The lowest BCUT2D eigenvalue weighted by Gasteiger charge is -2.31. The lowest BCUT2D eigenvalue weighted by Crippen LogP contribution is -2.37. The third-order valence-corrected chi connectivity index (χ3v) is 5.48. The van der Waals surface area contributed by atoms with E-state index in [1.165, 1.54) is 63.9 Å². The van der Waals surface area contributed by atoms with Gasteiger partial charge in [0, 0.05) is 33.2 Å². The van der Waals surface area contributed by atoms with E-state index in [1.807, 2.05) is 0 Å².